The highest BCUT2D eigenvalue weighted by Crippen LogP contribution is 2.16. The van der Waals surface area contributed by atoms with E-state index in [0.717, 1.165) is 16.7 Å². The molecular weight excluding hydrogens is 254 g/mol. The molecule has 1 aromatic heterocycles. The minimum absolute atomic E-state index is 0.193. The van der Waals surface area contributed by atoms with Gasteiger partial charge in [-0.2, -0.15) is 0 Å². The molecule has 0 spiro atoms. The number of anilines is 1. The summed E-state index contributed by atoms with van der Waals surface area (Å²) in [6.45, 7) is 3.53. The standard InChI is InChI=1S/C16H15NO3/c1-11-8-13(4-3-6-18)10-14(9-11)17-16(19)15-12(2)5-7-20-15/h5,7-10,18H,6H2,1-2H3,(H,17,19). The predicted molar refractivity (Wildman–Crippen MR) is 76.5 cm³/mol. The molecule has 0 saturated carbocycles. The second-order valence-electron chi connectivity index (χ2n) is 4.43. The van der Waals surface area contributed by atoms with Crippen LogP contribution in [-0.2, 0) is 0 Å². The first-order valence-electron chi connectivity index (χ1n) is 6.17. The Balaban J connectivity index is 2.23. The zero-order chi connectivity index (χ0) is 14.5. The Hall–Kier alpha value is -2.51. The van der Waals surface area contributed by atoms with Gasteiger partial charge in [0.05, 0.1) is 6.26 Å². The summed E-state index contributed by atoms with van der Waals surface area (Å²) >= 11 is 0. The molecule has 0 radical (unpaired) electrons. The van der Waals surface area contributed by atoms with E-state index in [9.17, 15) is 4.79 Å². The molecule has 1 amide bonds. The van der Waals surface area contributed by atoms with E-state index in [2.05, 4.69) is 17.2 Å². The maximum atomic E-state index is 12.1. The van der Waals surface area contributed by atoms with E-state index in [1.165, 1.54) is 6.26 Å². The fourth-order valence-corrected chi connectivity index (χ4v) is 1.86. The zero-order valence-corrected chi connectivity index (χ0v) is 11.4. The number of carbonyl (C=O) groups excluding carboxylic acids is 1. The normalized spacial score (nSPS) is 9.75. The molecule has 0 unspecified atom stereocenters. The smallest absolute Gasteiger partial charge is 0.291 e. The molecule has 2 rings (SSSR count). The van der Waals surface area contributed by atoms with Crippen molar-refractivity contribution in [3.8, 4) is 11.8 Å². The lowest BCUT2D eigenvalue weighted by Crippen LogP contribution is -2.12. The molecule has 0 atom stereocenters. The number of aliphatic hydroxyl groups excluding tert-OH is 1. The Labute approximate surface area is 117 Å². The highest BCUT2D eigenvalue weighted by Gasteiger charge is 2.12. The van der Waals surface area contributed by atoms with Crippen LogP contribution in [0.1, 0.15) is 27.2 Å². The van der Waals surface area contributed by atoms with Gasteiger partial charge in [-0.15, -0.1) is 0 Å². The molecule has 1 aromatic carbocycles. The Bertz CT molecular complexity index is 689. The van der Waals surface area contributed by atoms with Crippen molar-refractivity contribution in [2.24, 2.45) is 0 Å². The monoisotopic (exact) mass is 269 g/mol. The molecule has 0 aliphatic carbocycles. The Morgan fingerprint density at radius 3 is 2.80 bits per heavy atom. The van der Waals surface area contributed by atoms with Crippen LogP contribution in [0.2, 0.25) is 0 Å². The van der Waals surface area contributed by atoms with Crippen LogP contribution in [0.15, 0.2) is 34.9 Å². The fraction of sp³-hybridized carbons (Fsp3) is 0.188. The van der Waals surface area contributed by atoms with Crippen LogP contribution in [0.5, 0.6) is 0 Å². The van der Waals surface area contributed by atoms with Crippen LogP contribution < -0.4 is 5.32 Å². The number of benzene rings is 1. The number of carbonyl (C=O) groups is 1. The number of hydrogen-bond acceptors (Lipinski definition) is 3. The molecule has 1 heterocycles. The van der Waals surface area contributed by atoms with Crippen molar-refractivity contribution in [2.75, 3.05) is 11.9 Å². The van der Waals surface area contributed by atoms with Crippen LogP contribution in [0.25, 0.3) is 0 Å². The van der Waals surface area contributed by atoms with Crippen molar-refractivity contribution in [3.05, 3.63) is 53.0 Å². The predicted octanol–water partition coefficient (Wildman–Crippen LogP) is 2.49. The van der Waals surface area contributed by atoms with Gasteiger partial charge in [-0.25, -0.2) is 0 Å². The number of rotatable bonds is 2. The maximum Gasteiger partial charge on any atom is 0.291 e. The Kier molecular flexibility index (Phi) is 4.24. The van der Waals surface area contributed by atoms with Crippen LogP contribution in [0, 0.1) is 25.7 Å². The van der Waals surface area contributed by atoms with Crippen molar-refractivity contribution in [3.63, 3.8) is 0 Å². The average molecular weight is 269 g/mol. The van der Waals surface area contributed by atoms with E-state index in [4.69, 9.17) is 9.52 Å². The fourth-order valence-electron chi connectivity index (χ4n) is 1.86. The first-order chi connectivity index (χ1) is 9.60. The Morgan fingerprint density at radius 1 is 1.35 bits per heavy atom. The van der Waals surface area contributed by atoms with Gasteiger partial charge in [0.2, 0.25) is 0 Å². The number of furan rings is 1. The molecule has 102 valence electrons. The van der Waals surface area contributed by atoms with Crippen LogP contribution >= 0.6 is 0 Å². The second-order valence-corrected chi connectivity index (χ2v) is 4.43. The number of aliphatic hydroxyl groups is 1. The molecule has 0 fully saturated rings. The molecule has 2 N–H and O–H groups in total. The SMILES string of the molecule is Cc1cc(C#CCO)cc(NC(=O)c2occc2C)c1. The number of hydrogen-bond donors (Lipinski definition) is 2. The van der Waals surface area contributed by atoms with Gasteiger partial charge in [0.15, 0.2) is 5.76 Å². The van der Waals surface area contributed by atoms with Gasteiger partial charge in [-0.1, -0.05) is 11.8 Å². The van der Waals surface area contributed by atoms with Crippen LogP contribution in [-0.4, -0.2) is 17.6 Å². The van der Waals surface area contributed by atoms with Crippen LogP contribution in [0.3, 0.4) is 0 Å². The summed E-state index contributed by atoms with van der Waals surface area (Å²) in [7, 11) is 0. The molecular formula is C16H15NO3. The van der Waals surface area contributed by atoms with Crippen molar-refractivity contribution in [1.29, 1.82) is 0 Å². The van der Waals surface area contributed by atoms with E-state index >= 15 is 0 Å². The average Bonchev–Trinajstić information content (AvgIpc) is 2.82. The maximum absolute atomic E-state index is 12.1. The molecule has 4 heteroatoms. The third-order valence-corrected chi connectivity index (χ3v) is 2.72. The third-order valence-electron chi connectivity index (χ3n) is 2.72. The first-order valence-corrected chi connectivity index (χ1v) is 6.17. The number of amides is 1. The van der Waals surface area contributed by atoms with E-state index < -0.39 is 0 Å². The van der Waals surface area contributed by atoms with Crippen molar-refractivity contribution in [2.45, 2.75) is 13.8 Å². The summed E-state index contributed by atoms with van der Waals surface area (Å²) in [5.74, 6) is 5.41. The Morgan fingerprint density at radius 2 is 2.15 bits per heavy atom. The van der Waals surface area contributed by atoms with Crippen molar-refractivity contribution >= 4 is 11.6 Å². The molecule has 2 aromatic rings. The van der Waals surface area contributed by atoms with Gasteiger partial charge >= 0.3 is 0 Å². The minimum atomic E-state index is -0.292. The van der Waals surface area contributed by atoms with Gasteiger partial charge in [0.1, 0.15) is 6.61 Å². The lowest BCUT2D eigenvalue weighted by Gasteiger charge is -2.06. The first kappa shape index (κ1) is 13.9. The minimum Gasteiger partial charge on any atom is -0.459 e. The summed E-state index contributed by atoms with van der Waals surface area (Å²) in [6.07, 6.45) is 1.48. The molecule has 4 nitrogen and oxygen atoms in total. The molecule has 0 aliphatic heterocycles. The second kappa shape index (κ2) is 6.09. The van der Waals surface area contributed by atoms with Crippen molar-refractivity contribution in [1.82, 2.24) is 0 Å². The molecule has 0 saturated heterocycles. The highest BCUT2D eigenvalue weighted by molar-refractivity contribution is 6.03. The van der Waals surface area contributed by atoms with Gasteiger partial charge < -0.3 is 14.8 Å². The summed E-state index contributed by atoms with van der Waals surface area (Å²) in [6, 6.07) is 7.23. The largest absolute Gasteiger partial charge is 0.459 e. The van der Waals surface area contributed by atoms with E-state index in [0.29, 0.717) is 11.4 Å². The summed E-state index contributed by atoms with van der Waals surface area (Å²) in [5.41, 5.74) is 3.15. The summed E-state index contributed by atoms with van der Waals surface area (Å²) < 4.78 is 5.15. The highest BCUT2D eigenvalue weighted by atomic mass is 16.3. The summed E-state index contributed by atoms with van der Waals surface area (Å²) in [5, 5.41) is 11.5. The third kappa shape index (κ3) is 3.28. The summed E-state index contributed by atoms with van der Waals surface area (Å²) in [4.78, 5) is 12.1. The topological polar surface area (TPSA) is 62.5 Å². The number of aryl methyl sites for hydroxylation is 2. The quantitative estimate of drug-likeness (QED) is 0.823. The van der Waals surface area contributed by atoms with E-state index in [1.54, 1.807) is 12.1 Å². The van der Waals surface area contributed by atoms with E-state index in [1.807, 2.05) is 26.0 Å². The zero-order valence-electron chi connectivity index (χ0n) is 11.4. The van der Waals surface area contributed by atoms with Crippen molar-refractivity contribution < 1.29 is 14.3 Å². The number of nitrogens with one attached hydrogen (secondary N) is 1. The van der Waals surface area contributed by atoms with Gasteiger partial charge in [-0.3, -0.25) is 4.79 Å². The van der Waals surface area contributed by atoms with Gasteiger partial charge in [0, 0.05) is 16.8 Å². The molecule has 0 bridgehead atoms. The lowest BCUT2D eigenvalue weighted by molar-refractivity contribution is 0.0996. The lowest BCUT2D eigenvalue weighted by atomic mass is 10.1. The van der Waals surface area contributed by atoms with Gasteiger partial charge in [-0.05, 0) is 43.7 Å². The molecule has 20 heavy (non-hydrogen) atoms. The van der Waals surface area contributed by atoms with E-state index in [-0.39, 0.29) is 12.5 Å². The van der Waals surface area contributed by atoms with Crippen LogP contribution in [0.4, 0.5) is 5.69 Å². The molecule has 0 aliphatic rings. The van der Waals surface area contributed by atoms with Gasteiger partial charge in [0.25, 0.3) is 5.91 Å².